The molecule has 0 saturated heterocycles. The van der Waals surface area contributed by atoms with E-state index < -0.39 is 0 Å². The summed E-state index contributed by atoms with van der Waals surface area (Å²) in [7, 11) is 0. The fourth-order valence-corrected chi connectivity index (χ4v) is 3.00. The highest BCUT2D eigenvalue weighted by atomic mass is 35.5. The van der Waals surface area contributed by atoms with Crippen molar-refractivity contribution in [1.29, 1.82) is 0 Å². The van der Waals surface area contributed by atoms with Gasteiger partial charge in [-0.2, -0.15) is 0 Å². The average Bonchev–Trinajstić information content (AvgIpc) is 3.08. The quantitative estimate of drug-likeness (QED) is 0.668. The summed E-state index contributed by atoms with van der Waals surface area (Å²) in [6, 6.07) is 8.26. The van der Waals surface area contributed by atoms with E-state index in [9.17, 15) is 0 Å². The van der Waals surface area contributed by atoms with Crippen LogP contribution >= 0.6 is 23.8 Å². The monoisotopic (exact) mass is 266 g/mol. The number of hydrogen-bond acceptors (Lipinski definition) is 1. The largest absolute Gasteiger partial charge is 0.0932 e. The van der Waals surface area contributed by atoms with E-state index in [0.29, 0.717) is 11.8 Å². The number of rotatable bonds is 5. The SMILES string of the molecule is CC(CC1CC1C(C)C=S)c1ccc(Cl)cc1. The van der Waals surface area contributed by atoms with Gasteiger partial charge in [-0.15, -0.1) is 0 Å². The van der Waals surface area contributed by atoms with Crippen LogP contribution in [0.25, 0.3) is 0 Å². The highest BCUT2D eigenvalue weighted by Crippen LogP contribution is 2.48. The predicted molar refractivity (Wildman–Crippen MR) is 78.9 cm³/mol. The molecule has 0 radical (unpaired) electrons. The molecule has 0 nitrogen and oxygen atoms in total. The van der Waals surface area contributed by atoms with E-state index in [1.807, 2.05) is 17.5 Å². The van der Waals surface area contributed by atoms with Gasteiger partial charge in [0.1, 0.15) is 0 Å². The second-order valence-electron chi connectivity index (χ2n) is 5.34. The molecule has 1 aromatic rings. The normalized spacial score (nSPS) is 26.3. The molecule has 1 aromatic carbocycles. The van der Waals surface area contributed by atoms with Crippen LogP contribution in [0.5, 0.6) is 0 Å². The number of halogens is 1. The topological polar surface area (TPSA) is 0 Å². The van der Waals surface area contributed by atoms with Crippen LogP contribution in [-0.4, -0.2) is 5.37 Å². The Labute approximate surface area is 114 Å². The lowest BCUT2D eigenvalue weighted by Crippen LogP contribution is -2.01. The molecule has 4 unspecified atom stereocenters. The van der Waals surface area contributed by atoms with E-state index in [1.165, 1.54) is 18.4 Å². The molecule has 92 valence electrons. The summed E-state index contributed by atoms with van der Waals surface area (Å²) >= 11 is 10.9. The molecule has 1 saturated carbocycles. The minimum absolute atomic E-state index is 0.604. The second-order valence-corrected chi connectivity index (χ2v) is 6.05. The molecule has 1 aliphatic rings. The number of thiocarbonyl (C=S) groups is 1. The summed E-state index contributed by atoms with van der Waals surface area (Å²) in [5.74, 6) is 2.93. The predicted octanol–water partition coefficient (Wildman–Crippen LogP) is 5.11. The first-order valence-electron chi connectivity index (χ1n) is 6.32. The Balaban J connectivity index is 1.88. The van der Waals surface area contributed by atoms with Crippen LogP contribution in [0, 0.1) is 17.8 Å². The smallest absolute Gasteiger partial charge is 0.0406 e. The first-order chi connectivity index (χ1) is 8.11. The lowest BCUT2D eigenvalue weighted by Gasteiger charge is -2.12. The third kappa shape index (κ3) is 3.29. The van der Waals surface area contributed by atoms with Gasteiger partial charge in [0.2, 0.25) is 0 Å². The Morgan fingerprint density at radius 2 is 2.00 bits per heavy atom. The van der Waals surface area contributed by atoms with Gasteiger partial charge in [0.15, 0.2) is 0 Å². The van der Waals surface area contributed by atoms with Gasteiger partial charge >= 0.3 is 0 Å². The van der Waals surface area contributed by atoms with Crippen LogP contribution in [0.4, 0.5) is 0 Å². The van der Waals surface area contributed by atoms with Crippen molar-refractivity contribution in [2.45, 2.75) is 32.6 Å². The summed E-state index contributed by atoms with van der Waals surface area (Å²) in [6.45, 7) is 4.55. The maximum Gasteiger partial charge on any atom is 0.0406 e. The molecule has 0 heterocycles. The van der Waals surface area contributed by atoms with Crippen molar-refractivity contribution in [3.05, 3.63) is 34.9 Å². The van der Waals surface area contributed by atoms with Crippen molar-refractivity contribution in [3.8, 4) is 0 Å². The van der Waals surface area contributed by atoms with Crippen molar-refractivity contribution < 1.29 is 0 Å². The third-order valence-corrected chi connectivity index (χ3v) is 4.64. The molecule has 0 bridgehead atoms. The summed E-state index contributed by atoms with van der Waals surface area (Å²) in [6.07, 6.45) is 2.63. The molecule has 0 spiro atoms. The van der Waals surface area contributed by atoms with Gasteiger partial charge < -0.3 is 0 Å². The van der Waals surface area contributed by atoms with Gasteiger partial charge in [-0.05, 0) is 59.6 Å². The maximum atomic E-state index is 5.90. The van der Waals surface area contributed by atoms with Crippen molar-refractivity contribution >= 4 is 29.2 Å². The summed E-state index contributed by atoms with van der Waals surface area (Å²) < 4.78 is 0. The second kappa shape index (κ2) is 5.49. The fraction of sp³-hybridized carbons (Fsp3) is 0.533. The third-order valence-electron chi connectivity index (χ3n) is 3.96. The zero-order chi connectivity index (χ0) is 12.4. The Bertz CT molecular complexity index is 384. The Hall–Kier alpha value is -0.400. The van der Waals surface area contributed by atoms with Crippen molar-refractivity contribution in [2.75, 3.05) is 0 Å². The zero-order valence-corrected chi connectivity index (χ0v) is 12.0. The van der Waals surface area contributed by atoms with Crippen molar-refractivity contribution in [3.63, 3.8) is 0 Å². The molecule has 2 rings (SSSR count). The number of benzene rings is 1. The highest BCUT2D eigenvalue weighted by molar-refractivity contribution is 7.79. The van der Waals surface area contributed by atoms with Gasteiger partial charge in [-0.25, -0.2) is 0 Å². The molecule has 0 aromatic heterocycles. The molecule has 0 N–H and O–H groups in total. The lowest BCUT2D eigenvalue weighted by atomic mass is 9.93. The van der Waals surface area contributed by atoms with Gasteiger partial charge in [0.05, 0.1) is 0 Å². The lowest BCUT2D eigenvalue weighted by molar-refractivity contribution is 0.538. The average molecular weight is 267 g/mol. The molecule has 4 atom stereocenters. The molecule has 1 fully saturated rings. The minimum Gasteiger partial charge on any atom is -0.0932 e. The fourth-order valence-electron chi connectivity index (χ4n) is 2.67. The molecule has 2 heteroatoms. The molecule has 1 aliphatic carbocycles. The summed E-state index contributed by atoms with van der Waals surface area (Å²) in [5.41, 5.74) is 1.40. The van der Waals surface area contributed by atoms with Crippen LogP contribution in [0.15, 0.2) is 24.3 Å². The first-order valence-corrected chi connectivity index (χ1v) is 7.17. The van der Waals surface area contributed by atoms with Gasteiger partial charge in [0.25, 0.3) is 0 Å². The summed E-state index contributed by atoms with van der Waals surface area (Å²) in [5, 5.41) is 2.75. The van der Waals surface area contributed by atoms with Crippen LogP contribution in [-0.2, 0) is 0 Å². The van der Waals surface area contributed by atoms with Crippen LogP contribution in [0.2, 0.25) is 5.02 Å². The Morgan fingerprint density at radius 3 is 2.59 bits per heavy atom. The summed E-state index contributed by atoms with van der Waals surface area (Å²) in [4.78, 5) is 0. The number of hydrogen-bond donors (Lipinski definition) is 0. The van der Waals surface area contributed by atoms with E-state index in [0.717, 1.165) is 16.9 Å². The van der Waals surface area contributed by atoms with Gasteiger partial charge in [-0.3, -0.25) is 0 Å². The van der Waals surface area contributed by atoms with Crippen molar-refractivity contribution in [1.82, 2.24) is 0 Å². The standard InChI is InChI=1S/C15H19ClS/c1-10(12-3-5-14(16)6-4-12)7-13-8-15(13)11(2)9-17/h3-6,9-11,13,15H,7-8H2,1-2H3. The first kappa shape index (κ1) is 13.0. The van der Waals surface area contributed by atoms with Gasteiger partial charge in [-0.1, -0.05) is 49.8 Å². The molecule has 0 aliphatic heterocycles. The molecular weight excluding hydrogens is 248 g/mol. The zero-order valence-electron chi connectivity index (χ0n) is 10.4. The molecule has 0 amide bonds. The van der Waals surface area contributed by atoms with Crippen molar-refractivity contribution in [2.24, 2.45) is 17.8 Å². The molecular formula is C15H19ClS. The van der Waals surface area contributed by atoms with Crippen LogP contribution < -0.4 is 0 Å². The van der Waals surface area contributed by atoms with E-state index in [2.05, 4.69) is 26.0 Å². The van der Waals surface area contributed by atoms with E-state index in [4.69, 9.17) is 23.8 Å². The Morgan fingerprint density at radius 1 is 1.35 bits per heavy atom. The van der Waals surface area contributed by atoms with Gasteiger partial charge in [0, 0.05) is 5.02 Å². The van der Waals surface area contributed by atoms with Crippen LogP contribution in [0.1, 0.15) is 38.2 Å². The van der Waals surface area contributed by atoms with Crippen LogP contribution in [0.3, 0.4) is 0 Å². The highest BCUT2D eigenvalue weighted by Gasteiger charge is 2.40. The Kier molecular flexibility index (Phi) is 4.22. The maximum absolute atomic E-state index is 5.90. The molecule has 17 heavy (non-hydrogen) atoms. The minimum atomic E-state index is 0.604. The van der Waals surface area contributed by atoms with E-state index in [-0.39, 0.29) is 0 Å². The van der Waals surface area contributed by atoms with E-state index >= 15 is 0 Å². The van der Waals surface area contributed by atoms with E-state index in [1.54, 1.807) is 0 Å².